The standard InChI is InChI=1S/C18H29ClN4O2/c1-6-23-8-7-22(4)11-13(12-23)20-18(24)14-9-15(19)16(21(2)3)10-17(14)25-5/h9-10,13H,6-8,11-12H2,1-5H3,(H,20,24). The minimum atomic E-state index is -0.152. The SMILES string of the molecule is CCN1CCN(C)CC(NC(=O)c2cc(Cl)c(N(C)C)cc2OC)C1. The number of hydrogen-bond acceptors (Lipinski definition) is 5. The number of carbonyl (C=O) groups excluding carboxylic acids is 1. The summed E-state index contributed by atoms with van der Waals surface area (Å²) in [5.74, 6) is 0.375. The molecule has 1 aromatic rings. The third-order valence-corrected chi connectivity index (χ3v) is 4.89. The highest BCUT2D eigenvalue weighted by atomic mass is 35.5. The topological polar surface area (TPSA) is 48.0 Å². The lowest BCUT2D eigenvalue weighted by molar-refractivity contribution is 0.0922. The molecule has 1 saturated heterocycles. The molecular weight excluding hydrogens is 340 g/mol. The molecular formula is C18H29ClN4O2. The van der Waals surface area contributed by atoms with Crippen LogP contribution in [0.5, 0.6) is 5.75 Å². The second-order valence-corrected chi connectivity index (χ2v) is 7.13. The third-order valence-electron chi connectivity index (χ3n) is 4.59. The van der Waals surface area contributed by atoms with Crippen molar-refractivity contribution in [3.8, 4) is 5.75 Å². The van der Waals surface area contributed by atoms with Crippen LogP contribution in [0.2, 0.25) is 5.02 Å². The zero-order valence-electron chi connectivity index (χ0n) is 15.8. The quantitative estimate of drug-likeness (QED) is 0.858. The summed E-state index contributed by atoms with van der Waals surface area (Å²) in [6.45, 7) is 6.82. The van der Waals surface area contributed by atoms with Gasteiger partial charge in [0.15, 0.2) is 0 Å². The van der Waals surface area contributed by atoms with E-state index in [4.69, 9.17) is 16.3 Å². The maximum atomic E-state index is 12.8. The van der Waals surface area contributed by atoms with Crippen molar-refractivity contribution < 1.29 is 9.53 Å². The molecule has 7 heteroatoms. The van der Waals surface area contributed by atoms with E-state index in [1.54, 1.807) is 19.2 Å². The van der Waals surface area contributed by atoms with Crippen LogP contribution >= 0.6 is 11.6 Å². The molecule has 1 fully saturated rings. The summed E-state index contributed by atoms with van der Waals surface area (Å²) >= 11 is 6.34. The molecule has 2 rings (SSSR count). The van der Waals surface area contributed by atoms with Crippen LogP contribution in [0.25, 0.3) is 0 Å². The van der Waals surface area contributed by atoms with Gasteiger partial charge >= 0.3 is 0 Å². The van der Waals surface area contributed by atoms with Crippen LogP contribution in [-0.2, 0) is 0 Å². The molecule has 1 aliphatic rings. The van der Waals surface area contributed by atoms with Crippen LogP contribution in [0.3, 0.4) is 0 Å². The van der Waals surface area contributed by atoms with E-state index in [2.05, 4.69) is 29.1 Å². The van der Waals surface area contributed by atoms with Crippen molar-refractivity contribution in [2.45, 2.75) is 13.0 Å². The Bertz CT molecular complexity index is 609. The third kappa shape index (κ3) is 5.00. The van der Waals surface area contributed by atoms with Gasteiger partial charge in [0.1, 0.15) is 5.75 Å². The number of nitrogens with one attached hydrogen (secondary N) is 1. The van der Waals surface area contributed by atoms with E-state index in [0.29, 0.717) is 16.3 Å². The summed E-state index contributed by atoms with van der Waals surface area (Å²) in [6, 6.07) is 3.55. The van der Waals surface area contributed by atoms with Crippen LogP contribution in [0.4, 0.5) is 5.69 Å². The Morgan fingerprint density at radius 3 is 2.68 bits per heavy atom. The van der Waals surface area contributed by atoms with Crippen LogP contribution < -0.4 is 15.0 Å². The van der Waals surface area contributed by atoms with E-state index in [0.717, 1.165) is 38.4 Å². The first-order valence-electron chi connectivity index (χ1n) is 8.62. The van der Waals surface area contributed by atoms with Crippen LogP contribution in [-0.4, -0.2) is 82.7 Å². The Morgan fingerprint density at radius 1 is 1.36 bits per heavy atom. The first-order valence-corrected chi connectivity index (χ1v) is 9.00. The molecule has 0 spiro atoms. The van der Waals surface area contributed by atoms with Crippen LogP contribution in [0.15, 0.2) is 12.1 Å². The van der Waals surface area contributed by atoms with Crippen molar-refractivity contribution in [1.82, 2.24) is 15.1 Å². The second kappa shape index (κ2) is 8.74. The number of benzene rings is 1. The molecule has 0 saturated carbocycles. The molecule has 1 unspecified atom stereocenters. The Balaban J connectivity index is 2.20. The first kappa shape index (κ1) is 19.8. The highest BCUT2D eigenvalue weighted by Crippen LogP contribution is 2.32. The van der Waals surface area contributed by atoms with Crippen molar-refractivity contribution in [3.63, 3.8) is 0 Å². The Morgan fingerprint density at radius 2 is 2.08 bits per heavy atom. The molecule has 0 aliphatic carbocycles. The van der Waals surface area contributed by atoms with Gasteiger partial charge in [-0.05, 0) is 19.7 Å². The number of hydrogen-bond donors (Lipinski definition) is 1. The maximum absolute atomic E-state index is 12.8. The minimum Gasteiger partial charge on any atom is -0.496 e. The van der Waals surface area contributed by atoms with Gasteiger partial charge in [0.05, 0.1) is 29.4 Å². The van der Waals surface area contributed by atoms with E-state index < -0.39 is 0 Å². The number of ether oxygens (including phenoxy) is 1. The van der Waals surface area contributed by atoms with Gasteiger partial charge in [-0.3, -0.25) is 4.79 Å². The van der Waals surface area contributed by atoms with E-state index in [9.17, 15) is 4.79 Å². The molecule has 0 bridgehead atoms. The predicted molar refractivity (Wildman–Crippen MR) is 103 cm³/mol. The lowest BCUT2D eigenvalue weighted by atomic mass is 10.1. The van der Waals surface area contributed by atoms with Crippen molar-refractivity contribution in [1.29, 1.82) is 0 Å². The van der Waals surface area contributed by atoms with Crippen molar-refractivity contribution >= 4 is 23.2 Å². The minimum absolute atomic E-state index is 0.0666. The Hall–Kier alpha value is -1.50. The zero-order valence-corrected chi connectivity index (χ0v) is 16.6. The van der Waals surface area contributed by atoms with Gasteiger partial charge < -0.3 is 24.8 Å². The van der Waals surface area contributed by atoms with Crippen LogP contribution in [0, 0.1) is 0 Å². The summed E-state index contributed by atoms with van der Waals surface area (Å²) in [4.78, 5) is 19.3. The fourth-order valence-corrected chi connectivity index (χ4v) is 3.45. The summed E-state index contributed by atoms with van der Waals surface area (Å²) in [5.41, 5.74) is 1.29. The lowest BCUT2D eigenvalue weighted by Crippen LogP contribution is -2.46. The molecule has 0 aromatic heterocycles. The molecule has 1 heterocycles. The van der Waals surface area contributed by atoms with Gasteiger partial charge in [-0.25, -0.2) is 0 Å². The Kier molecular flexibility index (Phi) is 6.93. The van der Waals surface area contributed by atoms with Crippen LogP contribution in [0.1, 0.15) is 17.3 Å². The fraction of sp³-hybridized carbons (Fsp3) is 0.611. The normalized spacial score (nSPS) is 19.4. The molecule has 1 aromatic carbocycles. The second-order valence-electron chi connectivity index (χ2n) is 6.72. The van der Waals surface area contributed by atoms with Gasteiger partial charge in [0.25, 0.3) is 5.91 Å². The molecule has 1 aliphatic heterocycles. The highest BCUT2D eigenvalue weighted by molar-refractivity contribution is 6.33. The van der Waals surface area contributed by atoms with Crippen molar-refractivity contribution in [2.75, 3.05) is 65.9 Å². The Labute approximate surface area is 155 Å². The number of carbonyl (C=O) groups is 1. The van der Waals surface area contributed by atoms with Crippen molar-refractivity contribution in [3.05, 3.63) is 22.7 Å². The van der Waals surface area contributed by atoms with Gasteiger partial charge in [-0.2, -0.15) is 0 Å². The van der Waals surface area contributed by atoms with Crippen molar-refractivity contribution in [2.24, 2.45) is 0 Å². The maximum Gasteiger partial charge on any atom is 0.255 e. The molecule has 6 nitrogen and oxygen atoms in total. The molecule has 1 atom stereocenters. The fourth-order valence-electron chi connectivity index (χ4n) is 3.11. The van der Waals surface area contributed by atoms with Gasteiger partial charge in [0.2, 0.25) is 0 Å². The smallest absolute Gasteiger partial charge is 0.255 e. The monoisotopic (exact) mass is 368 g/mol. The van der Waals surface area contributed by atoms with E-state index in [-0.39, 0.29) is 11.9 Å². The van der Waals surface area contributed by atoms with Gasteiger partial charge in [-0.1, -0.05) is 18.5 Å². The lowest BCUT2D eigenvalue weighted by Gasteiger charge is -2.24. The number of likely N-dealkylation sites (N-methyl/N-ethyl adjacent to an activating group) is 2. The van der Waals surface area contributed by atoms with E-state index in [1.165, 1.54) is 0 Å². The predicted octanol–water partition coefficient (Wildman–Crippen LogP) is 1.78. The first-order chi connectivity index (χ1) is 11.8. The van der Waals surface area contributed by atoms with Gasteiger partial charge in [0, 0.05) is 46.3 Å². The average Bonchev–Trinajstić information content (AvgIpc) is 2.75. The highest BCUT2D eigenvalue weighted by Gasteiger charge is 2.24. The molecule has 0 radical (unpaired) electrons. The van der Waals surface area contributed by atoms with Gasteiger partial charge in [-0.15, -0.1) is 0 Å². The molecule has 25 heavy (non-hydrogen) atoms. The number of halogens is 1. The summed E-state index contributed by atoms with van der Waals surface area (Å²) in [7, 11) is 7.46. The molecule has 1 amide bonds. The summed E-state index contributed by atoms with van der Waals surface area (Å²) in [5, 5.41) is 3.68. The number of anilines is 1. The largest absolute Gasteiger partial charge is 0.496 e. The summed E-state index contributed by atoms with van der Waals surface area (Å²) < 4.78 is 5.42. The average molecular weight is 369 g/mol. The number of amides is 1. The number of rotatable bonds is 5. The van der Waals surface area contributed by atoms with E-state index in [1.807, 2.05) is 19.0 Å². The molecule has 1 N–H and O–H groups in total. The number of methoxy groups -OCH3 is 1. The number of nitrogens with zero attached hydrogens (tertiary/aromatic N) is 3. The van der Waals surface area contributed by atoms with E-state index >= 15 is 0 Å². The molecule has 140 valence electrons. The summed E-state index contributed by atoms with van der Waals surface area (Å²) in [6.07, 6.45) is 0. The zero-order chi connectivity index (χ0) is 18.6.